The van der Waals surface area contributed by atoms with Crippen LogP contribution in [0.3, 0.4) is 0 Å². The molecule has 0 spiro atoms. The van der Waals surface area contributed by atoms with Gasteiger partial charge in [0.2, 0.25) is 5.91 Å². The van der Waals surface area contributed by atoms with E-state index in [-0.39, 0.29) is 18.9 Å². The van der Waals surface area contributed by atoms with Crippen molar-refractivity contribution in [2.24, 2.45) is 7.05 Å². The van der Waals surface area contributed by atoms with Crippen LogP contribution in [-0.4, -0.2) is 25.5 Å². The number of amides is 1. The maximum absolute atomic E-state index is 13.7. The van der Waals surface area contributed by atoms with Crippen LogP contribution in [0.2, 0.25) is 0 Å². The van der Waals surface area contributed by atoms with Crippen LogP contribution in [0.5, 0.6) is 0 Å². The third kappa shape index (κ3) is 3.89. The molecule has 0 saturated heterocycles. The van der Waals surface area contributed by atoms with E-state index >= 15 is 0 Å². The number of aryl methyl sites for hydroxylation is 1. The summed E-state index contributed by atoms with van der Waals surface area (Å²) in [6.45, 7) is 0.0904. The van der Waals surface area contributed by atoms with Crippen molar-refractivity contribution >= 4 is 22.6 Å². The van der Waals surface area contributed by atoms with Crippen molar-refractivity contribution in [3.8, 4) is 6.07 Å². The molecular formula is C21H16F2N6O. The molecule has 0 radical (unpaired) electrons. The molecule has 0 aliphatic carbocycles. The average molecular weight is 406 g/mol. The van der Waals surface area contributed by atoms with Crippen LogP contribution in [0.4, 0.5) is 14.6 Å². The van der Waals surface area contributed by atoms with E-state index in [1.54, 1.807) is 23.1 Å². The summed E-state index contributed by atoms with van der Waals surface area (Å²) in [6, 6.07) is 11.0. The van der Waals surface area contributed by atoms with E-state index in [2.05, 4.69) is 15.5 Å². The molecule has 2 aromatic carbocycles. The van der Waals surface area contributed by atoms with Gasteiger partial charge in [0.15, 0.2) is 5.82 Å². The number of anilines is 1. The summed E-state index contributed by atoms with van der Waals surface area (Å²) in [5, 5.41) is 20.8. The monoisotopic (exact) mass is 406 g/mol. The summed E-state index contributed by atoms with van der Waals surface area (Å²) in [7, 11) is 1.85. The van der Waals surface area contributed by atoms with E-state index in [1.807, 2.05) is 25.2 Å². The fourth-order valence-corrected chi connectivity index (χ4v) is 3.22. The van der Waals surface area contributed by atoms with Crippen LogP contribution in [0, 0.1) is 23.0 Å². The normalized spacial score (nSPS) is 10.9. The molecule has 0 aliphatic rings. The van der Waals surface area contributed by atoms with Gasteiger partial charge in [0.25, 0.3) is 0 Å². The van der Waals surface area contributed by atoms with Gasteiger partial charge in [-0.25, -0.2) is 8.78 Å². The Morgan fingerprint density at radius 3 is 2.67 bits per heavy atom. The van der Waals surface area contributed by atoms with Crippen molar-refractivity contribution in [1.29, 1.82) is 5.26 Å². The molecule has 150 valence electrons. The first-order chi connectivity index (χ1) is 14.4. The molecule has 1 amide bonds. The van der Waals surface area contributed by atoms with E-state index < -0.39 is 17.2 Å². The van der Waals surface area contributed by atoms with E-state index in [0.717, 1.165) is 28.6 Å². The molecule has 0 unspecified atom stereocenters. The maximum Gasteiger partial charge on any atom is 0.229 e. The molecule has 7 nitrogen and oxygen atoms in total. The highest BCUT2D eigenvalue weighted by molar-refractivity contribution is 5.92. The predicted molar refractivity (Wildman–Crippen MR) is 105 cm³/mol. The van der Waals surface area contributed by atoms with E-state index in [9.17, 15) is 13.6 Å². The fraction of sp³-hybridized carbons (Fsp3) is 0.143. The second-order valence-electron chi connectivity index (χ2n) is 6.83. The molecule has 0 bridgehead atoms. The zero-order chi connectivity index (χ0) is 21.3. The molecule has 0 atom stereocenters. The summed E-state index contributed by atoms with van der Waals surface area (Å²) in [5.41, 5.74) is 1.52. The van der Waals surface area contributed by atoms with Crippen LogP contribution < -0.4 is 5.32 Å². The molecule has 30 heavy (non-hydrogen) atoms. The van der Waals surface area contributed by atoms with Crippen molar-refractivity contribution in [3.63, 3.8) is 0 Å². The second-order valence-corrected chi connectivity index (χ2v) is 6.83. The minimum atomic E-state index is -0.918. The van der Waals surface area contributed by atoms with Gasteiger partial charge in [-0.15, -0.1) is 0 Å². The molecule has 2 heterocycles. The molecule has 0 saturated carbocycles. The summed E-state index contributed by atoms with van der Waals surface area (Å²) in [5.74, 6) is -1.74. The van der Waals surface area contributed by atoms with Crippen molar-refractivity contribution in [1.82, 2.24) is 19.6 Å². The molecule has 9 heteroatoms. The largest absolute Gasteiger partial charge is 0.309 e. The lowest BCUT2D eigenvalue weighted by molar-refractivity contribution is -0.115. The second kappa shape index (κ2) is 7.75. The van der Waals surface area contributed by atoms with Crippen molar-refractivity contribution in [2.45, 2.75) is 13.0 Å². The summed E-state index contributed by atoms with van der Waals surface area (Å²) in [4.78, 5) is 12.3. The Balaban J connectivity index is 1.41. The Kier molecular flexibility index (Phi) is 4.98. The minimum Gasteiger partial charge on any atom is -0.309 e. The average Bonchev–Trinajstić information content (AvgIpc) is 3.27. The standard InChI is InChI=1S/C21H16F2N6O/c1-28-19-3-2-13(6-15(19)11-25-28)9-21(30)26-20-4-5-29(27-20)12-14-7-17(22)16(10-24)18(23)8-14/h2-8,11H,9,12H2,1H3,(H,26,27,30). The van der Waals surface area contributed by atoms with E-state index in [1.165, 1.54) is 10.8 Å². The van der Waals surface area contributed by atoms with Crippen LogP contribution in [0.15, 0.2) is 48.8 Å². The Morgan fingerprint density at radius 1 is 1.17 bits per heavy atom. The lowest BCUT2D eigenvalue weighted by Gasteiger charge is -2.05. The predicted octanol–water partition coefficient (Wildman–Crippen LogP) is 3.15. The van der Waals surface area contributed by atoms with Gasteiger partial charge in [0.1, 0.15) is 23.3 Å². The lowest BCUT2D eigenvalue weighted by Crippen LogP contribution is -2.15. The number of nitrogens with one attached hydrogen (secondary N) is 1. The molecule has 0 fully saturated rings. The summed E-state index contributed by atoms with van der Waals surface area (Å²) < 4.78 is 30.7. The third-order valence-corrected chi connectivity index (χ3v) is 4.64. The number of benzene rings is 2. The Labute approximate surface area is 170 Å². The summed E-state index contributed by atoms with van der Waals surface area (Å²) >= 11 is 0. The van der Waals surface area contributed by atoms with Crippen molar-refractivity contribution < 1.29 is 13.6 Å². The van der Waals surface area contributed by atoms with Gasteiger partial charge < -0.3 is 5.32 Å². The zero-order valence-electron chi connectivity index (χ0n) is 15.9. The quantitative estimate of drug-likeness (QED) is 0.551. The molecule has 2 aromatic heterocycles. The number of nitriles is 1. The fourth-order valence-electron chi connectivity index (χ4n) is 3.22. The maximum atomic E-state index is 13.7. The van der Waals surface area contributed by atoms with Gasteiger partial charge in [-0.1, -0.05) is 6.07 Å². The number of carbonyl (C=O) groups excluding carboxylic acids is 1. The first kappa shape index (κ1) is 19.3. The van der Waals surface area contributed by atoms with Crippen LogP contribution in [-0.2, 0) is 24.8 Å². The lowest BCUT2D eigenvalue weighted by atomic mass is 10.1. The van der Waals surface area contributed by atoms with Crippen molar-refractivity contribution in [3.05, 3.63) is 77.1 Å². The Morgan fingerprint density at radius 2 is 1.93 bits per heavy atom. The number of fused-ring (bicyclic) bond motifs is 1. The number of hydrogen-bond donors (Lipinski definition) is 1. The number of hydrogen-bond acceptors (Lipinski definition) is 4. The van der Waals surface area contributed by atoms with Crippen molar-refractivity contribution in [2.75, 3.05) is 5.32 Å². The van der Waals surface area contributed by atoms with Gasteiger partial charge in [0.05, 0.1) is 24.7 Å². The highest BCUT2D eigenvalue weighted by Crippen LogP contribution is 2.17. The highest BCUT2D eigenvalue weighted by Gasteiger charge is 2.12. The van der Waals surface area contributed by atoms with Gasteiger partial charge in [-0.05, 0) is 35.4 Å². The molecule has 0 aliphatic heterocycles. The first-order valence-electron chi connectivity index (χ1n) is 9.05. The first-order valence-corrected chi connectivity index (χ1v) is 9.05. The van der Waals surface area contributed by atoms with E-state index in [0.29, 0.717) is 11.4 Å². The Hall–Kier alpha value is -4.06. The molecule has 1 N–H and O–H groups in total. The van der Waals surface area contributed by atoms with Crippen LogP contribution in [0.1, 0.15) is 16.7 Å². The molecule has 4 rings (SSSR count). The van der Waals surface area contributed by atoms with Gasteiger partial charge in [-0.2, -0.15) is 15.5 Å². The minimum absolute atomic E-state index is 0.0904. The number of carbonyl (C=O) groups is 1. The van der Waals surface area contributed by atoms with Gasteiger partial charge in [0, 0.05) is 24.7 Å². The van der Waals surface area contributed by atoms with E-state index in [4.69, 9.17) is 5.26 Å². The number of halogens is 2. The topological polar surface area (TPSA) is 88.5 Å². The molecular weight excluding hydrogens is 390 g/mol. The number of nitrogens with zero attached hydrogens (tertiary/aromatic N) is 5. The van der Waals surface area contributed by atoms with Gasteiger partial charge in [-0.3, -0.25) is 14.2 Å². The summed E-state index contributed by atoms with van der Waals surface area (Å²) in [6.07, 6.45) is 3.50. The number of aromatic nitrogens is 4. The SMILES string of the molecule is Cn1ncc2cc(CC(=O)Nc3ccn(Cc4cc(F)c(C#N)c(F)c4)n3)ccc21. The smallest absolute Gasteiger partial charge is 0.229 e. The Bertz CT molecular complexity index is 1280. The highest BCUT2D eigenvalue weighted by atomic mass is 19.1. The van der Waals surface area contributed by atoms with Gasteiger partial charge >= 0.3 is 0 Å². The molecule has 4 aromatic rings. The third-order valence-electron chi connectivity index (χ3n) is 4.64. The van der Waals surface area contributed by atoms with Crippen LogP contribution >= 0.6 is 0 Å². The number of rotatable bonds is 5. The zero-order valence-corrected chi connectivity index (χ0v) is 15.9. The van der Waals surface area contributed by atoms with Crippen LogP contribution in [0.25, 0.3) is 10.9 Å².